The SMILES string of the molecule is CC(CN1CCOCC1)N=C(N)NC(C)(C)C. The van der Waals surface area contributed by atoms with Crippen LogP contribution in [0.4, 0.5) is 0 Å². The van der Waals surface area contributed by atoms with E-state index in [-0.39, 0.29) is 11.6 Å². The zero-order valence-corrected chi connectivity index (χ0v) is 11.5. The van der Waals surface area contributed by atoms with Crippen molar-refractivity contribution in [2.45, 2.75) is 39.3 Å². The molecule has 1 heterocycles. The van der Waals surface area contributed by atoms with Crippen LogP contribution in [0.1, 0.15) is 27.7 Å². The van der Waals surface area contributed by atoms with Crippen molar-refractivity contribution in [3.05, 3.63) is 0 Å². The second-order valence-corrected chi connectivity index (χ2v) is 5.65. The summed E-state index contributed by atoms with van der Waals surface area (Å²) < 4.78 is 5.31. The lowest BCUT2D eigenvalue weighted by Crippen LogP contribution is -2.46. The summed E-state index contributed by atoms with van der Waals surface area (Å²) in [5.41, 5.74) is 5.83. The van der Waals surface area contributed by atoms with Gasteiger partial charge in [0.15, 0.2) is 5.96 Å². The lowest BCUT2D eigenvalue weighted by molar-refractivity contribution is 0.0361. The molecule has 0 aromatic carbocycles. The Labute approximate surface area is 104 Å². The van der Waals surface area contributed by atoms with Gasteiger partial charge in [-0.25, -0.2) is 4.99 Å². The number of nitrogens with two attached hydrogens (primary N) is 1. The lowest BCUT2D eigenvalue weighted by atomic mass is 10.1. The molecule has 1 aliphatic rings. The zero-order chi connectivity index (χ0) is 12.9. The van der Waals surface area contributed by atoms with Crippen molar-refractivity contribution < 1.29 is 4.74 Å². The highest BCUT2D eigenvalue weighted by molar-refractivity contribution is 5.78. The van der Waals surface area contributed by atoms with Crippen LogP contribution < -0.4 is 11.1 Å². The first-order valence-corrected chi connectivity index (χ1v) is 6.28. The molecule has 0 spiro atoms. The van der Waals surface area contributed by atoms with Crippen molar-refractivity contribution >= 4 is 5.96 Å². The molecule has 0 aliphatic carbocycles. The van der Waals surface area contributed by atoms with E-state index in [1.54, 1.807) is 0 Å². The summed E-state index contributed by atoms with van der Waals surface area (Å²) in [7, 11) is 0. The average molecular weight is 242 g/mol. The van der Waals surface area contributed by atoms with E-state index in [0.717, 1.165) is 32.8 Å². The second-order valence-electron chi connectivity index (χ2n) is 5.65. The Morgan fingerprint density at radius 1 is 1.41 bits per heavy atom. The fourth-order valence-electron chi connectivity index (χ4n) is 1.85. The number of hydrogen-bond acceptors (Lipinski definition) is 3. The standard InChI is InChI=1S/C12H26N4O/c1-10(9-16-5-7-17-8-6-16)14-11(13)15-12(2,3)4/h10H,5-9H2,1-4H3,(H3,13,14,15). The number of morpholine rings is 1. The molecule has 0 aromatic heterocycles. The van der Waals surface area contributed by atoms with E-state index in [1.165, 1.54) is 0 Å². The molecule has 0 saturated carbocycles. The summed E-state index contributed by atoms with van der Waals surface area (Å²) in [6.45, 7) is 12.9. The number of guanidine groups is 1. The normalized spacial score (nSPS) is 21.3. The van der Waals surface area contributed by atoms with Crippen molar-refractivity contribution in [3.63, 3.8) is 0 Å². The molecule has 3 N–H and O–H groups in total. The van der Waals surface area contributed by atoms with Crippen LogP contribution in [-0.4, -0.2) is 55.3 Å². The molecular formula is C12H26N4O. The fourth-order valence-corrected chi connectivity index (χ4v) is 1.85. The van der Waals surface area contributed by atoms with Gasteiger partial charge >= 0.3 is 0 Å². The molecule has 0 aromatic rings. The maximum absolute atomic E-state index is 5.86. The van der Waals surface area contributed by atoms with Gasteiger partial charge in [-0.2, -0.15) is 0 Å². The van der Waals surface area contributed by atoms with Gasteiger partial charge in [0.2, 0.25) is 0 Å². The van der Waals surface area contributed by atoms with Gasteiger partial charge in [0.25, 0.3) is 0 Å². The van der Waals surface area contributed by atoms with Crippen molar-refractivity contribution in [3.8, 4) is 0 Å². The Kier molecular flexibility index (Phi) is 5.21. The van der Waals surface area contributed by atoms with Crippen molar-refractivity contribution in [1.29, 1.82) is 0 Å². The van der Waals surface area contributed by atoms with Crippen LogP contribution in [0.25, 0.3) is 0 Å². The number of aliphatic imine (C=N–C) groups is 1. The molecule has 0 radical (unpaired) electrons. The van der Waals surface area contributed by atoms with Gasteiger partial charge in [0.05, 0.1) is 19.3 Å². The van der Waals surface area contributed by atoms with Gasteiger partial charge in [-0.15, -0.1) is 0 Å². The molecule has 0 bridgehead atoms. The third kappa shape index (κ3) is 6.48. The molecule has 0 amide bonds. The largest absolute Gasteiger partial charge is 0.379 e. The first-order valence-electron chi connectivity index (χ1n) is 6.28. The first-order chi connectivity index (χ1) is 7.87. The summed E-state index contributed by atoms with van der Waals surface area (Å²) in [5, 5.41) is 3.17. The Hall–Kier alpha value is -0.810. The van der Waals surface area contributed by atoms with Crippen LogP contribution in [0.15, 0.2) is 4.99 Å². The molecule has 1 aliphatic heterocycles. The highest BCUT2D eigenvalue weighted by atomic mass is 16.5. The van der Waals surface area contributed by atoms with Gasteiger partial charge in [0, 0.05) is 25.2 Å². The van der Waals surface area contributed by atoms with Crippen molar-refractivity contribution in [2.24, 2.45) is 10.7 Å². The topological polar surface area (TPSA) is 62.9 Å². The lowest BCUT2D eigenvalue weighted by Gasteiger charge is -2.28. The van der Waals surface area contributed by atoms with Gasteiger partial charge in [-0.3, -0.25) is 4.90 Å². The Morgan fingerprint density at radius 2 is 2.00 bits per heavy atom. The van der Waals surface area contributed by atoms with Crippen LogP contribution in [0.2, 0.25) is 0 Å². The van der Waals surface area contributed by atoms with Crippen LogP contribution >= 0.6 is 0 Å². The molecule has 5 heteroatoms. The van der Waals surface area contributed by atoms with E-state index in [2.05, 4.69) is 42.9 Å². The minimum atomic E-state index is -0.0354. The van der Waals surface area contributed by atoms with Gasteiger partial charge in [-0.1, -0.05) is 0 Å². The van der Waals surface area contributed by atoms with Crippen molar-refractivity contribution in [1.82, 2.24) is 10.2 Å². The number of ether oxygens (including phenoxy) is 1. The van der Waals surface area contributed by atoms with Crippen molar-refractivity contribution in [2.75, 3.05) is 32.8 Å². The number of nitrogens with one attached hydrogen (secondary N) is 1. The van der Waals surface area contributed by atoms with E-state index in [1.807, 2.05) is 0 Å². The zero-order valence-electron chi connectivity index (χ0n) is 11.5. The number of nitrogens with zero attached hydrogens (tertiary/aromatic N) is 2. The van der Waals surface area contributed by atoms with Crippen LogP contribution in [-0.2, 0) is 4.74 Å². The maximum atomic E-state index is 5.86. The van der Waals surface area contributed by atoms with Gasteiger partial charge in [0.1, 0.15) is 0 Å². The summed E-state index contributed by atoms with van der Waals surface area (Å²) in [6.07, 6.45) is 0. The predicted molar refractivity (Wildman–Crippen MR) is 71.2 cm³/mol. The van der Waals surface area contributed by atoms with Gasteiger partial charge in [-0.05, 0) is 27.7 Å². The van der Waals surface area contributed by atoms with E-state index in [0.29, 0.717) is 5.96 Å². The minimum absolute atomic E-state index is 0.0354. The third-order valence-corrected chi connectivity index (χ3v) is 2.49. The molecular weight excluding hydrogens is 216 g/mol. The molecule has 1 rings (SSSR count). The summed E-state index contributed by atoms with van der Waals surface area (Å²) in [5.74, 6) is 0.526. The number of rotatable bonds is 3. The van der Waals surface area contributed by atoms with E-state index < -0.39 is 0 Å². The fraction of sp³-hybridized carbons (Fsp3) is 0.917. The highest BCUT2D eigenvalue weighted by Crippen LogP contribution is 2.02. The van der Waals surface area contributed by atoms with Crippen LogP contribution in [0, 0.1) is 0 Å². The summed E-state index contributed by atoms with van der Waals surface area (Å²) in [6, 6.07) is 0.211. The monoisotopic (exact) mass is 242 g/mol. The van der Waals surface area contributed by atoms with Crippen LogP contribution in [0.3, 0.4) is 0 Å². The summed E-state index contributed by atoms with van der Waals surface area (Å²) in [4.78, 5) is 6.82. The molecule has 1 atom stereocenters. The summed E-state index contributed by atoms with van der Waals surface area (Å²) >= 11 is 0. The quantitative estimate of drug-likeness (QED) is 0.556. The molecule has 1 unspecified atom stereocenters. The Bertz CT molecular complexity index is 254. The molecule has 1 fully saturated rings. The van der Waals surface area contributed by atoms with E-state index in [9.17, 15) is 0 Å². The predicted octanol–water partition coefficient (Wildman–Crippen LogP) is 0.410. The molecule has 5 nitrogen and oxygen atoms in total. The Balaban J connectivity index is 2.36. The van der Waals surface area contributed by atoms with E-state index >= 15 is 0 Å². The molecule has 17 heavy (non-hydrogen) atoms. The average Bonchev–Trinajstić information content (AvgIpc) is 2.15. The Morgan fingerprint density at radius 3 is 2.53 bits per heavy atom. The maximum Gasteiger partial charge on any atom is 0.189 e. The molecule has 100 valence electrons. The van der Waals surface area contributed by atoms with Crippen LogP contribution in [0.5, 0.6) is 0 Å². The minimum Gasteiger partial charge on any atom is -0.379 e. The highest BCUT2D eigenvalue weighted by Gasteiger charge is 2.14. The van der Waals surface area contributed by atoms with Gasteiger partial charge < -0.3 is 15.8 Å². The van der Waals surface area contributed by atoms with E-state index in [4.69, 9.17) is 10.5 Å². The number of hydrogen-bond donors (Lipinski definition) is 2. The smallest absolute Gasteiger partial charge is 0.189 e. The second kappa shape index (κ2) is 6.21. The first kappa shape index (κ1) is 14.3. The molecule has 1 saturated heterocycles. The third-order valence-electron chi connectivity index (χ3n) is 2.49.